The van der Waals surface area contributed by atoms with Gasteiger partial charge in [0.05, 0.1) is 12.4 Å². The van der Waals surface area contributed by atoms with Crippen LogP contribution in [0.3, 0.4) is 0 Å². The standard InChI is InChI=1S/C14H18N4/c1-3-10-6-5-7-11(4-2)14(10)18-13-9-16-12(15)8-17-13/h5-9H,3-4H2,1-2H3,(H2,15,16)(H,17,18). The van der Waals surface area contributed by atoms with Crippen molar-refractivity contribution in [3.05, 3.63) is 41.7 Å². The number of anilines is 3. The molecule has 1 aromatic heterocycles. The molecule has 4 heteroatoms. The number of nitrogens with one attached hydrogen (secondary N) is 1. The molecular weight excluding hydrogens is 224 g/mol. The van der Waals surface area contributed by atoms with Gasteiger partial charge in [0.1, 0.15) is 11.6 Å². The SMILES string of the molecule is CCc1cccc(CC)c1Nc1cnc(N)cn1. The average molecular weight is 242 g/mol. The van der Waals surface area contributed by atoms with E-state index in [0.717, 1.165) is 24.3 Å². The Morgan fingerprint density at radius 2 is 1.72 bits per heavy atom. The number of hydrogen-bond donors (Lipinski definition) is 2. The van der Waals surface area contributed by atoms with Crippen LogP contribution in [0.5, 0.6) is 0 Å². The number of aromatic nitrogens is 2. The smallest absolute Gasteiger partial charge is 0.149 e. The van der Waals surface area contributed by atoms with Gasteiger partial charge in [0.15, 0.2) is 0 Å². The molecule has 1 heterocycles. The average Bonchev–Trinajstić information content (AvgIpc) is 2.41. The molecule has 3 N–H and O–H groups in total. The second-order valence-corrected chi connectivity index (χ2v) is 4.11. The van der Waals surface area contributed by atoms with E-state index >= 15 is 0 Å². The second kappa shape index (κ2) is 5.49. The van der Waals surface area contributed by atoms with E-state index in [9.17, 15) is 0 Å². The van der Waals surface area contributed by atoms with Crippen LogP contribution in [-0.4, -0.2) is 9.97 Å². The van der Waals surface area contributed by atoms with Gasteiger partial charge in [-0.15, -0.1) is 0 Å². The van der Waals surface area contributed by atoms with Gasteiger partial charge in [-0.25, -0.2) is 9.97 Å². The first kappa shape index (κ1) is 12.4. The fourth-order valence-corrected chi connectivity index (χ4v) is 1.93. The molecule has 0 aliphatic rings. The van der Waals surface area contributed by atoms with Gasteiger partial charge in [-0.05, 0) is 24.0 Å². The fraction of sp³-hybridized carbons (Fsp3) is 0.286. The van der Waals surface area contributed by atoms with Crippen LogP contribution in [0.15, 0.2) is 30.6 Å². The van der Waals surface area contributed by atoms with Gasteiger partial charge in [0.25, 0.3) is 0 Å². The molecule has 0 aliphatic carbocycles. The molecule has 4 nitrogen and oxygen atoms in total. The van der Waals surface area contributed by atoms with Crippen LogP contribution < -0.4 is 11.1 Å². The number of nitrogens with two attached hydrogens (primary N) is 1. The normalized spacial score (nSPS) is 10.3. The van der Waals surface area contributed by atoms with Crippen molar-refractivity contribution in [2.24, 2.45) is 0 Å². The maximum Gasteiger partial charge on any atom is 0.149 e. The van der Waals surface area contributed by atoms with Crippen molar-refractivity contribution in [2.45, 2.75) is 26.7 Å². The molecule has 0 saturated carbocycles. The molecule has 0 aliphatic heterocycles. The number of nitrogen functional groups attached to an aromatic ring is 1. The lowest BCUT2D eigenvalue weighted by Gasteiger charge is -2.14. The third-order valence-corrected chi connectivity index (χ3v) is 2.92. The Balaban J connectivity index is 2.35. The van der Waals surface area contributed by atoms with E-state index < -0.39 is 0 Å². The van der Waals surface area contributed by atoms with Crippen molar-refractivity contribution < 1.29 is 0 Å². The summed E-state index contributed by atoms with van der Waals surface area (Å²) in [6.45, 7) is 4.29. The Kier molecular flexibility index (Phi) is 3.77. The number of nitrogens with zero attached hydrogens (tertiary/aromatic N) is 2. The zero-order chi connectivity index (χ0) is 13.0. The molecule has 0 atom stereocenters. The van der Waals surface area contributed by atoms with Crippen LogP contribution in [0.25, 0.3) is 0 Å². The van der Waals surface area contributed by atoms with E-state index in [1.54, 1.807) is 12.4 Å². The lowest BCUT2D eigenvalue weighted by molar-refractivity contribution is 1.08. The minimum absolute atomic E-state index is 0.431. The van der Waals surface area contributed by atoms with Gasteiger partial charge in [-0.2, -0.15) is 0 Å². The van der Waals surface area contributed by atoms with Crippen molar-refractivity contribution >= 4 is 17.3 Å². The summed E-state index contributed by atoms with van der Waals surface area (Å²) in [7, 11) is 0. The van der Waals surface area contributed by atoms with Gasteiger partial charge in [-0.1, -0.05) is 32.0 Å². The van der Waals surface area contributed by atoms with Crippen molar-refractivity contribution in [1.82, 2.24) is 9.97 Å². The highest BCUT2D eigenvalue weighted by atomic mass is 15.0. The first-order valence-corrected chi connectivity index (χ1v) is 6.19. The molecule has 2 aromatic rings. The van der Waals surface area contributed by atoms with Gasteiger partial charge in [0, 0.05) is 5.69 Å². The molecule has 0 spiro atoms. The van der Waals surface area contributed by atoms with Crippen molar-refractivity contribution in [1.29, 1.82) is 0 Å². The van der Waals surface area contributed by atoms with Crippen molar-refractivity contribution in [2.75, 3.05) is 11.1 Å². The number of hydrogen-bond acceptors (Lipinski definition) is 4. The topological polar surface area (TPSA) is 63.8 Å². The molecular formula is C14H18N4. The Morgan fingerprint density at radius 1 is 1.06 bits per heavy atom. The Labute approximate surface area is 107 Å². The molecule has 94 valence electrons. The lowest BCUT2D eigenvalue weighted by atomic mass is 10.0. The van der Waals surface area contributed by atoms with Crippen LogP contribution in [0.2, 0.25) is 0 Å². The first-order valence-electron chi connectivity index (χ1n) is 6.19. The lowest BCUT2D eigenvalue weighted by Crippen LogP contribution is -2.02. The quantitative estimate of drug-likeness (QED) is 0.865. The number of benzene rings is 1. The van der Waals surface area contributed by atoms with Crippen LogP contribution >= 0.6 is 0 Å². The van der Waals surface area contributed by atoms with E-state index in [0.29, 0.717) is 5.82 Å². The molecule has 2 rings (SSSR count). The van der Waals surface area contributed by atoms with Crippen LogP contribution in [0.1, 0.15) is 25.0 Å². The van der Waals surface area contributed by atoms with Gasteiger partial charge in [0.2, 0.25) is 0 Å². The summed E-state index contributed by atoms with van der Waals surface area (Å²) >= 11 is 0. The summed E-state index contributed by atoms with van der Waals surface area (Å²) in [6, 6.07) is 6.36. The predicted octanol–water partition coefficient (Wildman–Crippen LogP) is 2.93. The van der Waals surface area contributed by atoms with Gasteiger partial charge >= 0.3 is 0 Å². The zero-order valence-corrected chi connectivity index (χ0v) is 10.8. The van der Waals surface area contributed by atoms with Gasteiger partial charge < -0.3 is 11.1 Å². The Bertz CT molecular complexity index is 498. The summed E-state index contributed by atoms with van der Waals surface area (Å²) in [5.74, 6) is 1.15. The number of para-hydroxylation sites is 1. The van der Waals surface area contributed by atoms with Crippen molar-refractivity contribution in [3.63, 3.8) is 0 Å². The van der Waals surface area contributed by atoms with Gasteiger partial charge in [-0.3, -0.25) is 0 Å². The second-order valence-electron chi connectivity index (χ2n) is 4.11. The third kappa shape index (κ3) is 2.59. The monoisotopic (exact) mass is 242 g/mol. The highest BCUT2D eigenvalue weighted by Gasteiger charge is 2.07. The fourth-order valence-electron chi connectivity index (χ4n) is 1.93. The maximum atomic E-state index is 5.53. The Hall–Kier alpha value is -2.10. The highest BCUT2D eigenvalue weighted by Crippen LogP contribution is 2.25. The minimum atomic E-state index is 0.431. The molecule has 0 radical (unpaired) electrons. The van der Waals surface area contributed by atoms with Crippen molar-refractivity contribution in [3.8, 4) is 0 Å². The van der Waals surface area contributed by atoms with Crippen LogP contribution in [0.4, 0.5) is 17.3 Å². The molecule has 0 unspecified atom stereocenters. The molecule has 0 saturated heterocycles. The summed E-state index contributed by atoms with van der Waals surface area (Å²) in [4.78, 5) is 8.26. The zero-order valence-electron chi connectivity index (χ0n) is 10.8. The predicted molar refractivity (Wildman–Crippen MR) is 74.9 cm³/mol. The summed E-state index contributed by atoms with van der Waals surface area (Å²) in [5.41, 5.74) is 9.24. The first-order chi connectivity index (χ1) is 8.74. The van der Waals surface area contributed by atoms with Crippen LogP contribution in [0, 0.1) is 0 Å². The molecule has 1 aromatic carbocycles. The molecule has 18 heavy (non-hydrogen) atoms. The third-order valence-electron chi connectivity index (χ3n) is 2.92. The van der Waals surface area contributed by atoms with E-state index in [-0.39, 0.29) is 0 Å². The van der Waals surface area contributed by atoms with E-state index in [1.165, 1.54) is 11.1 Å². The molecule has 0 fully saturated rings. The van der Waals surface area contributed by atoms with E-state index in [2.05, 4.69) is 47.3 Å². The molecule has 0 bridgehead atoms. The van der Waals surface area contributed by atoms with E-state index in [4.69, 9.17) is 5.73 Å². The summed E-state index contributed by atoms with van der Waals surface area (Å²) in [5, 5.41) is 3.34. The number of aryl methyl sites for hydroxylation is 2. The Morgan fingerprint density at radius 3 is 2.22 bits per heavy atom. The summed E-state index contributed by atoms with van der Waals surface area (Å²) in [6.07, 6.45) is 5.18. The minimum Gasteiger partial charge on any atom is -0.382 e. The summed E-state index contributed by atoms with van der Waals surface area (Å²) < 4.78 is 0. The highest BCUT2D eigenvalue weighted by molar-refractivity contribution is 5.65. The maximum absolute atomic E-state index is 5.53. The number of rotatable bonds is 4. The molecule has 0 amide bonds. The van der Waals surface area contributed by atoms with Crippen LogP contribution in [-0.2, 0) is 12.8 Å². The largest absolute Gasteiger partial charge is 0.382 e. The van der Waals surface area contributed by atoms with E-state index in [1.807, 2.05) is 0 Å².